The van der Waals surface area contributed by atoms with Crippen LogP contribution in [0.2, 0.25) is 5.15 Å². The molecule has 0 saturated carbocycles. The number of sulfonamides is 1. The molecule has 0 saturated heterocycles. The summed E-state index contributed by atoms with van der Waals surface area (Å²) >= 11 is 5.74. The number of hydrogen-bond donors (Lipinski definition) is 0. The first-order chi connectivity index (χ1) is 12.9. The summed E-state index contributed by atoms with van der Waals surface area (Å²) in [6.07, 6.45) is 3.90. The van der Waals surface area contributed by atoms with E-state index in [0.717, 1.165) is 10.5 Å². The van der Waals surface area contributed by atoms with Crippen LogP contribution < -0.4 is 0 Å². The van der Waals surface area contributed by atoms with Gasteiger partial charge in [0.15, 0.2) is 0 Å². The molecular formula is C17H15ClN2O6S. The molecule has 3 aromatic rings. The van der Waals surface area contributed by atoms with Crippen molar-refractivity contribution in [2.24, 2.45) is 0 Å². The van der Waals surface area contributed by atoms with Gasteiger partial charge >= 0.3 is 5.97 Å². The number of rotatable bonds is 7. The molecule has 0 bridgehead atoms. The lowest BCUT2D eigenvalue weighted by Crippen LogP contribution is -2.30. The van der Waals surface area contributed by atoms with Crippen molar-refractivity contribution in [3.63, 3.8) is 0 Å². The van der Waals surface area contributed by atoms with Crippen LogP contribution >= 0.6 is 11.6 Å². The number of nitrogens with zero attached hydrogens (tertiary/aromatic N) is 2. The lowest BCUT2D eigenvalue weighted by Gasteiger charge is -2.20. The molecule has 27 heavy (non-hydrogen) atoms. The molecule has 3 rings (SSSR count). The number of carbonyl (C=O) groups is 1. The molecule has 0 fully saturated rings. The van der Waals surface area contributed by atoms with E-state index in [9.17, 15) is 13.2 Å². The first kappa shape index (κ1) is 19.2. The Balaban J connectivity index is 1.97. The lowest BCUT2D eigenvalue weighted by molar-refractivity contribution is 0.0597. The molecule has 0 aromatic carbocycles. The minimum Gasteiger partial charge on any atom is -0.468 e. The Labute approximate surface area is 160 Å². The average Bonchev–Trinajstić information content (AvgIpc) is 3.33. The molecule has 10 heteroatoms. The second-order valence-corrected chi connectivity index (χ2v) is 7.74. The van der Waals surface area contributed by atoms with Crippen molar-refractivity contribution in [3.05, 3.63) is 71.3 Å². The van der Waals surface area contributed by atoms with Gasteiger partial charge in [-0.25, -0.2) is 18.2 Å². The molecule has 0 unspecified atom stereocenters. The Morgan fingerprint density at radius 3 is 2.63 bits per heavy atom. The summed E-state index contributed by atoms with van der Waals surface area (Å²) in [5, 5.41) is 0.172. The van der Waals surface area contributed by atoms with Crippen LogP contribution in [0, 0.1) is 0 Å². The molecule has 0 aliphatic carbocycles. The predicted molar refractivity (Wildman–Crippen MR) is 94.4 cm³/mol. The Kier molecular flexibility index (Phi) is 5.64. The molecule has 0 amide bonds. The minimum atomic E-state index is -3.98. The van der Waals surface area contributed by atoms with E-state index >= 15 is 0 Å². The fourth-order valence-electron chi connectivity index (χ4n) is 2.38. The normalized spacial score (nSPS) is 11.7. The number of aromatic nitrogens is 1. The first-order valence-corrected chi connectivity index (χ1v) is 9.52. The van der Waals surface area contributed by atoms with Crippen molar-refractivity contribution in [2.75, 3.05) is 7.11 Å². The molecule has 0 aliphatic heterocycles. The number of halogens is 1. The Morgan fingerprint density at radius 1 is 1.19 bits per heavy atom. The number of furan rings is 2. The smallest absolute Gasteiger partial charge is 0.341 e. The van der Waals surface area contributed by atoms with Crippen LogP contribution in [-0.2, 0) is 27.8 Å². The number of carbonyl (C=O) groups excluding carboxylic acids is 1. The van der Waals surface area contributed by atoms with Gasteiger partial charge in [0.2, 0.25) is 10.0 Å². The summed E-state index contributed by atoms with van der Waals surface area (Å²) < 4.78 is 42.6. The monoisotopic (exact) mass is 410 g/mol. The highest BCUT2D eigenvalue weighted by Crippen LogP contribution is 2.24. The molecule has 3 heterocycles. The molecule has 8 nitrogen and oxygen atoms in total. The molecule has 0 aliphatic rings. The van der Waals surface area contributed by atoms with Crippen molar-refractivity contribution >= 4 is 27.6 Å². The van der Waals surface area contributed by atoms with Gasteiger partial charge in [-0.3, -0.25) is 0 Å². The summed E-state index contributed by atoms with van der Waals surface area (Å²) in [6.45, 7) is -0.275. The second-order valence-electron chi connectivity index (χ2n) is 5.42. The number of hydrogen-bond acceptors (Lipinski definition) is 7. The quantitative estimate of drug-likeness (QED) is 0.435. The second kappa shape index (κ2) is 7.95. The van der Waals surface area contributed by atoms with Crippen LogP contribution in [0.5, 0.6) is 0 Å². The van der Waals surface area contributed by atoms with E-state index < -0.39 is 16.0 Å². The van der Waals surface area contributed by atoms with Gasteiger partial charge in [-0.15, -0.1) is 0 Å². The summed E-state index contributed by atoms with van der Waals surface area (Å²) in [7, 11) is -2.75. The van der Waals surface area contributed by atoms with Crippen LogP contribution in [0.1, 0.15) is 21.9 Å². The van der Waals surface area contributed by atoms with E-state index in [1.165, 1.54) is 37.8 Å². The average molecular weight is 411 g/mol. The molecule has 0 spiro atoms. The highest BCUT2D eigenvalue weighted by Gasteiger charge is 2.29. The molecular weight excluding hydrogens is 396 g/mol. The number of esters is 1. The predicted octanol–water partition coefficient (Wildman–Crippen LogP) is 3.10. The summed E-state index contributed by atoms with van der Waals surface area (Å²) in [5.74, 6) is -0.0483. The van der Waals surface area contributed by atoms with Gasteiger partial charge in [0.05, 0.1) is 32.7 Å². The number of ether oxygens (including phenoxy) is 1. The minimum absolute atomic E-state index is 0.0513. The standard InChI is InChI=1S/C17H15ClN2O6S/c1-24-17(21)14-6-8-26-15(14)11-20(10-12-3-2-7-25-12)27(22,23)13-4-5-16(18)19-9-13/h2-9H,10-11H2,1H3. The maximum Gasteiger partial charge on any atom is 0.341 e. The third kappa shape index (κ3) is 4.21. The van der Waals surface area contributed by atoms with Gasteiger partial charge in [0.25, 0.3) is 0 Å². The third-order valence-corrected chi connectivity index (χ3v) is 5.72. The van der Waals surface area contributed by atoms with Crippen molar-refractivity contribution < 1.29 is 26.8 Å². The zero-order valence-electron chi connectivity index (χ0n) is 14.2. The summed E-state index contributed by atoms with van der Waals surface area (Å²) in [4.78, 5) is 15.6. The van der Waals surface area contributed by atoms with Gasteiger partial charge in [0.1, 0.15) is 27.1 Å². The van der Waals surface area contributed by atoms with E-state index in [1.807, 2.05) is 0 Å². The van der Waals surface area contributed by atoms with Crippen molar-refractivity contribution in [1.29, 1.82) is 0 Å². The molecule has 0 radical (unpaired) electrons. The SMILES string of the molecule is COC(=O)c1ccoc1CN(Cc1ccco1)S(=O)(=O)c1ccc(Cl)nc1. The topological polar surface area (TPSA) is 103 Å². The first-order valence-electron chi connectivity index (χ1n) is 7.70. The van der Waals surface area contributed by atoms with Gasteiger partial charge in [0, 0.05) is 6.20 Å². The van der Waals surface area contributed by atoms with Gasteiger partial charge in [-0.2, -0.15) is 4.31 Å². The van der Waals surface area contributed by atoms with E-state index in [2.05, 4.69) is 4.98 Å². The van der Waals surface area contributed by atoms with E-state index in [-0.39, 0.29) is 34.5 Å². The van der Waals surface area contributed by atoms with Crippen LogP contribution in [0.15, 0.2) is 62.8 Å². The number of methoxy groups -OCH3 is 1. The maximum absolute atomic E-state index is 13.1. The lowest BCUT2D eigenvalue weighted by atomic mass is 10.2. The van der Waals surface area contributed by atoms with Crippen LogP contribution in [0.3, 0.4) is 0 Å². The zero-order chi connectivity index (χ0) is 19.4. The largest absolute Gasteiger partial charge is 0.468 e. The Bertz CT molecular complexity index is 1010. The van der Waals surface area contributed by atoms with Crippen LogP contribution in [0.4, 0.5) is 0 Å². The Hall–Kier alpha value is -2.62. The summed E-state index contributed by atoms with van der Waals surface area (Å²) in [6, 6.07) is 7.45. The third-order valence-electron chi connectivity index (χ3n) is 3.72. The van der Waals surface area contributed by atoms with Crippen LogP contribution in [-0.4, -0.2) is 30.8 Å². The summed E-state index contributed by atoms with van der Waals surface area (Å²) in [5.41, 5.74) is 0.145. The fraction of sp³-hybridized carbons (Fsp3) is 0.176. The van der Waals surface area contributed by atoms with Gasteiger partial charge in [-0.1, -0.05) is 11.6 Å². The van der Waals surface area contributed by atoms with Gasteiger partial charge in [-0.05, 0) is 30.3 Å². The van der Waals surface area contributed by atoms with Gasteiger partial charge < -0.3 is 13.6 Å². The molecule has 0 N–H and O–H groups in total. The molecule has 142 valence electrons. The zero-order valence-corrected chi connectivity index (χ0v) is 15.7. The van der Waals surface area contributed by atoms with Crippen molar-refractivity contribution in [3.8, 4) is 0 Å². The van der Waals surface area contributed by atoms with Crippen molar-refractivity contribution in [2.45, 2.75) is 18.0 Å². The fourth-order valence-corrected chi connectivity index (χ4v) is 3.80. The van der Waals surface area contributed by atoms with E-state index in [0.29, 0.717) is 5.76 Å². The molecule has 0 atom stereocenters. The maximum atomic E-state index is 13.1. The number of pyridine rings is 1. The highest BCUT2D eigenvalue weighted by atomic mass is 35.5. The Morgan fingerprint density at radius 2 is 2.00 bits per heavy atom. The van der Waals surface area contributed by atoms with E-state index in [4.69, 9.17) is 25.2 Å². The van der Waals surface area contributed by atoms with E-state index in [1.54, 1.807) is 12.1 Å². The highest BCUT2D eigenvalue weighted by molar-refractivity contribution is 7.89. The molecule has 3 aromatic heterocycles. The van der Waals surface area contributed by atoms with Crippen LogP contribution in [0.25, 0.3) is 0 Å². The van der Waals surface area contributed by atoms with Crippen molar-refractivity contribution in [1.82, 2.24) is 9.29 Å².